The Labute approximate surface area is 154 Å². The Kier molecular flexibility index (Phi) is 4.82. The number of hydrogen-bond donors (Lipinski definition) is 1. The Bertz CT molecular complexity index is 1000. The molecule has 3 aromatic rings. The van der Waals surface area contributed by atoms with E-state index in [0.29, 0.717) is 4.47 Å². The minimum Gasteiger partial charge on any atom is -0.465 e. The van der Waals surface area contributed by atoms with Gasteiger partial charge in [0.15, 0.2) is 5.82 Å². The third-order valence-corrected chi connectivity index (χ3v) is 4.22. The zero-order valence-corrected chi connectivity index (χ0v) is 15.0. The minimum atomic E-state index is -0.893. The molecule has 2 aromatic carbocycles. The molecule has 0 fully saturated rings. The third-order valence-electron chi connectivity index (χ3n) is 3.42. The second kappa shape index (κ2) is 6.89. The van der Waals surface area contributed by atoms with Crippen LogP contribution in [0.15, 0.2) is 34.9 Å². The highest BCUT2D eigenvalue weighted by molar-refractivity contribution is 9.10. The molecule has 9 heteroatoms. The topological polar surface area (TPSA) is 64.1 Å². The van der Waals surface area contributed by atoms with Crippen molar-refractivity contribution in [3.8, 4) is 0 Å². The molecule has 1 aromatic heterocycles. The van der Waals surface area contributed by atoms with Gasteiger partial charge in [0, 0.05) is 9.86 Å². The molecule has 3 rings (SSSR count). The number of nitrogens with zero attached hydrogens (tertiary/aromatic N) is 2. The molecule has 0 aliphatic rings. The highest BCUT2D eigenvalue weighted by Crippen LogP contribution is 2.34. The monoisotopic (exact) mass is 427 g/mol. The Morgan fingerprint density at radius 3 is 2.76 bits per heavy atom. The number of esters is 1. The van der Waals surface area contributed by atoms with Crippen molar-refractivity contribution in [2.75, 3.05) is 12.4 Å². The number of rotatable bonds is 3. The zero-order chi connectivity index (χ0) is 18.1. The van der Waals surface area contributed by atoms with Crippen molar-refractivity contribution in [1.29, 1.82) is 0 Å². The Morgan fingerprint density at radius 2 is 2.08 bits per heavy atom. The zero-order valence-electron chi connectivity index (χ0n) is 12.6. The van der Waals surface area contributed by atoms with Crippen molar-refractivity contribution in [2.24, 2.45) is 0 Å². The molecule has 0 saturated carbocycles. The average Bonchev–Trinajstić information content (AvgIpc) is 2.59. The summed E-state index contributed by atoms with van der Waals surface area (Å²) in [7, 11) is 1.15. The number of carbonyl (C=O) groups is 1. The maximum Gasteiger partial charge on any atom is 0.340 e. The quantitative estimate of drug-likeness (QED) is 0.604. The normalized spacial score (nSPS) is 10.8. The molecule has 0 radical (unpaired) electrons. The van der Waals surface area contributed by atoms with Crippen LogP contribution in [0.3, 0.4) is 0 Å². The van der Waals surface area contributed by atoms with Gasteiger partial charge < -0.3 is 10.1 Å². The number of ether oxygens (including phenoxy) is 1. The first kappa shape index (κ1) is 17.5. The maximum absolute atomic E-state index is 14.9. The predicted octanol–water partition coefficient (Wildman–Crippen LogP) is 4.85. The number of hydrogen-bond acceptors (Lipinski definition) is 5. The van der Waals surface area contributed by atoms with E-state index in [2.05, 4.69) is 36.2 Å². The van der Waals surface area contributed by atoms with Crippen LogP contribution in [0.4, 0.5) is 20.2 Å². The molecule has 0 amide bonds. The summed E-state index contributed by atoms with van der Waals surface area (Å²) in [5.74, 6) is -2.34. The summed E-state index contributed by atoms with van der Waals surface area (Å²) in [5.41, 5.74) is -0.608. The fraction of sp³-hybridized carbons (Fsp3) is 0.0625. The number of aromatic nitrogens is 2. The summed E-state index contributed by atoms with van der Waals surface area (Å²) in [4.78, 5) is 12.1. The van der Waals surface area contributed by atoms with E-state index in [1.165, 1.54) is 24.4 Å². The van der Waals surface area contributed by atoms with E-state index >= 15 is 0 Å². The molecule has 0 aliphatic carbocycles. The SMILES string of the molecule is COC(=O)c1cc2c(Cl)cnnc2c(F)c1Nc1ccc(Br)cc1F. The highest BCUT2D eigenvalue weighted by Gasteiger charge is 2.22. The van der Waals surface area contributed by atoms with Gasteiger partial charge in [-0.2, -0.15) is 5.10 Å². The van der Waals surface area contributed by atoms with Gasteiger partial charge in [0.1, 0.15) is 11.3 Å². The van der Waals surface area contributed by atoms with Crippen molar-refractivity contribution in [2.45, 2.75) is 0 Å². The Morgan fingerprint density at radius 1 is 1.32 bits per heavy atom. The molecule has 0 atom stereocenters. The van der Waals surface area contributed by atoms with Gasteiger partial charge in [0.25, 0.3) is 0 Å². The smallest absolute Gasteiger partial charge is 0.340 e. The van der Waals surface area contributed by atoms with E-state index in [9.17, 15) is 13.6 Å². The van der Waals surface area contributed by atoms with E-state index in [1.807, 2.05) is 0 Å². The molecule has 1 N–H and O–H groups in total. The van der Waals surface area contributed by atoms with Crippen LogP contribution in [0.2, 0.25) is 5.02 Å². The molecule has 0 aliphatic heterocycles. The number of fused-ring (bicyclic) bond motifs is 1. The summed E-state index contributed by atoms with van der Waals surface area (Å²) >= 11 is 9.13. The number of nitrogens with one attached hydrogen (secondary N) is 1. The summed E-state index contributed by atoms with van der Waals surface area (Å²) < 4.78 is 34.2. The van der Waals surface area contributed by atoms with Crippen molar-refractivity contribution in [3.63, 3.8) is 0 Å². The molecule has 5 nitrogen and oxygen atoms in total. The number of halogens is 4. The maximum atomic E-state index is 14.9. The first-order chi connectivity index (χ1) is 11.9. The molecule has 128 valence electrons. The molecule has 1 heterocycles. The van der Waals surface area contributed by atoms with Crippen LogP contribution in [-0.2, 0) is 4.74 Å². The second-order valence-electron chi connectivity index (χ2n) is 4.94. The average molecular weight is 429 g/mol. The largest absolute Gasteiger partial charge is 0.465 e. The van der Waals surface area contributed by atoms with Gasteiger partial charge in [-0.3, -0.25) is 0 Å². The van der Waals surface area contributed by atoms with Crippen LogP contribution < -0.4 is 5.32 Å². The first-order valence-electron chi connectivity index (χ1n) is 6.86. The Hall–Kier alpha value is -2.32. The third kappa shape index (κ3) is 3.27. The molecular formula is C16H9BrClF2N3O2. The van der Waals surface area contributed by atoms with E-state index in [-0.39, 0.29) is 32.9 Å². The van der Waals surface area contributed by atoms with Gasteiger partial charge in [-0.1, -0.05) is 27.5 Å². The summed E-state index contributed by atoms with van der Waals surface area (Å²) in [5, 5.41) is 10.2. The lowest BCUT2D eigenvalue weighted by Crippen LogP contribution is -2.09. The highest BCUT2D eigenvalue weighted by atomic mass is 79.9. The lowest BCUT2D eigenvalue weighted by atomic mass is 10.1. The fourth-order valence-corrected chi connectivity index (χ4v) is 2.77. The lowest BCUT2D eigenvalue weighted by molar-refractivity contribution is 0.0601. The predicted molar refractivity (Wildman–Crippen MR) is 93.2 cm³/mol. The standard InChI is InChI=1S/C16H9BrClF2N3O2/c1-25-16(24)9-5-8-10(18)6-21-23-15(8)13(20)14(9)22-12-3-2-7(17)4-11(12)19/h2-6,22H,1H3. The van der Waals surface area contributed by atoms with Crippen molar-refractivity contribution < 1.29 is 18.3 Å². The number of benzene rings is 2. The summed E-state index contributed by atoms with van der Waals surface area (Å²) in [6.45, 7) is 0. The van der Waals surface area contributed by atoms with Gasteiger partial charge in [0.2, 0.25) is 0 Å². The fourth-order valence-electron chi connectivity index (χ4n) is 2.25. The van der Waals surface area contributed by atoms with E-state index in [0.717, 1.165) is 7.11 Å². The van der Waals surface area contributed by atoms with E-state index < -0.39 is 17.6 Å². The van der Waals surface area contributed by atoms with Crippen molar-refractivity contribution >= 4 is 55.8 Å². The number of methoxy groups -OCH3 is 1. The van der Waals surface area contributed by atoms with Gasteiger partial charge in [-0.05, 0) is 24.3 Å². The van der Waals surface area contributed by atoms with Gasteiger partial charge in [-0.15, -0.1) is 5.10 Å². The summed E-state index contributed by atoms with van der Waals surface area (Å²) in [6.07, 6.45) is 1.23. The minimum absolute atomic E-state index is 0.0263. The molecule has 0 spiro atoms. The summed E-state index contributed by atoms with van der Waals surface area (Å²) in [6, 6.07) is 5.49. The number of carbonyl (C=O) groups excluding carboxylic acids is 1. The van der Waals surface area contributed by atoms with Crippen LogP contribution in [0.1, 0.15) is 10.4 Å². The van der Waals surface area contributed by atoms with E-state index in [1.54, 1.807) is 6.07 Å². The molecule has 25 heavy (non-hydrogen) atoms. The molecular weight excluding hydrogens is 420 g/mol. The molecule has 0 saturated heterocycles. The number of anilines is 2. The first-order valence-corrected chi connectivity index (χ1v) is 8.03. The second-order valence-corrected chi connectivity index (χ2v) is 6.27. The van der Waals surface area contributed by atoms with Crippen LogP contribution in [0.5, 0.6) is 0 Å². The van der Waals surface area contributed by atoms with Crippen molar-refractivity contribution in [1.82, 2.24) is 10.2 Å². The van der Waals surface area contributed by atoms with Crippen LogP contribution >= 0.6 is 27.5 Å². The Balaban J connectivity index is 2.24. The van der Waals surface area contributed by atoms with Gasteiger partial charge in [0.05, 0.1) is 35.3 Å². The van der Waals surface area contributed by atoms with Crippen molar-refractivity contribution in [3.05, 3.63) is 57.2 Å². The van der Waals surface area contributed by atoms with Crippen LogP contribution in [0, 0.1) is 11.6 Å². The van der Waals surface area contributed by atoms with Crippen LogP contribution in [0.25, 0.3) is 10.9 Å². The molecule has 0 unspecified atom stereocenters. The van der Waals surface area contributed by atoms with E-state index in [4.69, 9.17) is 11.6 Å². The van der Waals surface area contributed by atoms with Crippen LogP contribution in [-0.4, -0.2) is 23.3 Å². The van der Waals surface area contributed by atoms with Gasteiger partial charge in [-0.25, -0.2) is 13.6 Å². The molecule has 0 bridgehead atoms. The van der Waals surface area contributed by atoms with Gasteiger partial charge >= 0.3 is 5.97 Å². The lowest BCUT2D eigenvalue weighted by Gasteiger charge is -2.14.